The summed E-state index contributed by atoms with van der Waals surface area (Å²) >= 11 is 0. The lowest BCUT2D eigenvalue weighted by Gasteiger charge is -2.02. The summed E-state index contributed by atoms with van der Waals surface area (Å²) in [5.74, 6) is 2.37. The molecule has 1 saturated carbocycles. The predicted octanol–water partition coefficient (Wildman–Crippen LogP) is 2.11. The third kappa shape index (κ3) is 1.65. The van der Waals surface area contributed by atoms with Crippen LogP contribution in [0.2, 0.25) is 0 Å². The number of hydrogen-bond acceptors (Lipinski definition) is 3. The zero-order valence-corrected chi connectivity index (χ0v) is 7.42. The Bertz CT molecular complexity index is 251. The lowest BCUT2D eigenvalue weighted by molar-refractivity contribution is 0.350. The van der Waals surface area contributed by atoms with Gasteiger partial charge >= 0.3 is 0 Å². The number of aromatic nitrogens is 2. The summed E-state index contributed by atoms with van der Waals surface area (Å²) in [5, 5.41) is 3.77. The Hall–Kier alpha value is -0.860. The third-order valence-electron chi connectivity index (χ3n) is 2.51. The molecule has 1 aromatic heterocycles. The Morgan fingerprint density at radius 2 is 2.17 bits per heavy atom. The fourth-order valence-electron chi connectivity index (χ4n) is 1.88. The van der Waals surface area contributed by atoms with E-state index < -0.39 is 0 Å². The van der Waals surface area contributed by atoms with Gasteiger partial charge in [-0.2, -0.15) is 4.98 Å². The van der Waals surface area contributed by atoms with Crippen LogP contribution in [0.25, 0.3) is 0 Å². The van der Waals surface area contributed by atoms with Crippen molar-refractivity contribution in [1.82, 2.24) is 10.1 Å². The molecule has 0 aliphatic heterocycles. The molecular weight excluding hydrogens is 152 g/mol. The fraction of sp³-hybridized carbons (Fsp3) is 0.778. The molecule has 3 nitrogen and oxygen atoms in total. The van der Waals surface area contributed by atoms with Crippen molar-refractivity contribution in [3.05, 3.63) is 11.7 Å². The van der Waals surface area contributed by atoms with E-state index in [0.717, 1.165) is 24.1 Å². The molecule has 1 heterocycles. The van der Waals surface area contributed by atoms with Crippen molar-refractivity contribution in [1.29, 1.82) is 0 Å². The number of aryl methyl sites for hydroxylation is 1. The lowest BCUT2D eigenvalue weighted by atomic mass is 10.0. The van der Waals surface area contributed by atoms with Crippen molar-refractivity contribution in [2.24, 2.45) is 5.92 Å². The van der Waals surface area contributed by atoms with Gasteiger partial charge in [-0.3, -0.25) is 0 Å². The summed E-state index contributed by atoms with van der Waals surface area (Å²) in [4.78, 5) is 4.20. The van der Waals surface area contributed by atoms with Gasteiger partial charge in [0, 0.05) is 6.42 Å². The Morgan fingerprint density at radius 3 is 2.75 bits per heavy atom. The van der Waals surface area contributed by atoms with Gasteiger partial charge in [0.15, 0.2) is 5.82 Å². The van der Waals surface area contributed by atoms with Gasteiger partial charge in [-0.1, -0.05) is 18.0 Å². The molecule has 1 aliphatic carbocycles. The van der Waals surface area contributed by atoms with E-state index in [1.807, 2.05) is 6.92 Å². The zero-order valence-electron chi connectivity index (χ0n) is 7.42. The summed E-state index contributed by atoms with van der Waals surface area (Å²) in [6, 6.07) is 0. The van der Waals surface area contributed by atoms with E-state index in [-0.39, 0.29) is 0 Å². The van der Waals surface area contributed by atoms with Crippen molar-refractivity contribution in [3.8, 4) is 0 Å². The molecule has 0 saturated heterocycles. The molecule has 1 aliphatic rings. The van der Waals surface area contributed by atoms with Crippen LogP contribution in [0.3, 0.4) is 0 Å². The van der Waals surface area contributed by atoms with Crippen molar-refractivity contribution in [2.45, 2.75) is 39.0 Å². The third-order valence-corrected chi connectivity index (χ3v) is 2.51. The molecule has 0 amide bonds. The van der Waals surface area contributed by atoms with E-state index >= 15 is 0 Å². The maximum Gasteiger partial charge on any atom is 0.226 e. The van der Waals surface area contributed by atoms with E-state index in [0.29, 0.717) is 0 Å². The first-order chi connectivity index (χ1) is 5.84. The van der Waals surface area contributed by atoms with Gasteiger partial charge in [0.25, 0.3) is 0 Å². The Balaban J connectivity index is 1.94. The molecule has 0 aromatic carbocycles. The molecule has 0 spiro atoms. The van der Waals surface area contributed by atoms with Crippen molar-refractivity contribution in [2.75, 3.05) is 0 Å². The molecule has 3 heteroatoms. The van der Waals surface area contributed by atoms with E-state index in [9.17, 15) is 0 Å². The zero-order chi connectivity index (χ0) is 8.39. The predicted molar refractivity (Wildman–Crippen MR) is 44.7 cm³/mol. The summed E-state index contributed by atoms with van der Waals surface area (Å²) in [6.07, 6.45) is 6.40. The van der Waals surface area contributed by atoms with E-state index in [4.69, 9.17) is 4.52 Å². The minimum Gasteiger partial charge on any atom is -0.339 e. The Kier molecular flexibility index (Phi) is 2.11. The van der Waals surface area contributed by atoms with Crippen LogP contribution in [0, 0.1) is 12.8 Å². The highest BCUT2D eigenvalue weighted by Crippen LogP contribution is 2.27. The number of rotatable bonds is 2. The van der Waals surface area contributed by atoms with Gasteiger partial charge in [-0.05, 0) is 25.7 Å². The maximum atomic E-state index is 5.07. The average molecular weight is 166 g/mol. The van der Waals surface area contributed by atoms with E-state index in [1.165, 1.54) is 25.7 Å². The van der Waals surface area contributed by atoms with Gasteiger partial charge in [-0.15, -0.1) is 0 Å². The van der Waals surface area contributed by atoms with E-state index in [1.54, 1.807) is 0 Å². The van der Waals surface area contributed by atoms with Gasteiger partial charge in [0.05, 0.1) is 0 Å². The van der Waals surface area contributed by atoms with Crippen LogP contribution >= 0.6 is 0 Å². The second-order valence-electron chi connectivity index (χ2n) is 3.59. The number of nitrogens with zero attached hydrogens (tertiary/aromatic N) is 2. The first-order valence-corrected chi connectivity index (χ1v) is 4.64. The molecule has 1 aromatic rings. The van der Waals surface area contributed by atoms with Gasteiger partial charge in [-0.25, -0.2) is 0 Å². The van der Waals surface area contributed by atoms with Gasteiger partial charge in [0.1, 0.15) is 0 Å². The standard InChI is InChI=1S/C9H14N2O/c1-7-10-9(12-11-7)6-8-4-2-3-5-8/h8H,2-6H2,1H3. The van der Waals surface area contributed by atoms with Crippen LogP contribution in [0.4, 0.5) is 0 Å². The molecule has 0 radical (unpaired) electrons. The molecule has 66 valence electrons. The highest BCUT2D eigenvalue weighted by molar-refractivity contribution is 4.86. The van der Waals surface area contributed by atoms with Crippen LogP contribution in [0.1, 0.15) is 37.4 Å². The Morgan fingerprint density at radius 1 is 1.42 bits per heavy atom. The summed E-state index contributed by atoms with van der Waals surface area (Å²) in [5.41, 5.74) is 0. The summed E-state index contributed by atoms with van der Waals surface area (Å²) in [6.45, 7) is 1.86. The molecule has 0 N–H and O–H groups in total. The van der Waals surface area contributed by atoms with Crippen LogP contribution < -0.4 is 0 Å². The second kappa shape index (κ2) is 3.25. The highest BCUT2D eigenvalue weighted by Gasteiger charge is 2.17. The molecule has 1 fully saturated rings. The fourth-order valence-corrected chi connectivity index (χ4v) is 1.88. The molecular formula is C9H14N2O. The topological polar surface area (TPSA) is 38.9 Å². The minimum atomic E-state index is 0.753. The SMILES string of the molecule is Cc1noc(CC2CCCC2)n1. The van der Waals surface area contributed by atoms with Gasteiger partial charge in [0.2, 0.25) is 5.89 Å². The second-order valence-corrected chi connectivity index (χ2v) is 3.59. The maximum absolute atomic E-state index is 5.07. The van der Waals surface area contributed by atoms with Gasteiger partial charge < -0.3 is 4.52 Å². The van der Waals surface area contributed by atoms with Crippen molar-refractivity contribution >= 4 is 0 Å². The Labute approximate surface area is 72.2 Å². The summed E-state index contributed by atoms with van der Waals surface area (Å²) in [7, 11) is 0. The quantitative estimate of drug-likeness (QED) is 0.675. The first-order valence-electron chi connectivity index (χ1n) is 4.64. The van der Waals surface area contributed by atoms with E-state index in [2.05, 4.69) is 10.1 Å². The molecule has 2 rings (SSSR count). The lowest BCUT2D eigenvalue weighted by Crippen LogP contribution is -1.98. The van der Waals surface area contributed by atoms with Crippen LogP contribution in [0.5, 0.6) is 0 Å². The average Bonchev–Trinajstić information content (AvgIpc) is 2.63. The first kappa shape index (κ1) is 7.77. The molecule has 0 unspecified atom stereocenters. The number of hydrogen-bond donors (Lipinski definition) is 0. The van der Waals surface area contributed by atoms with Crippen molar-refractivity contribution < 1.29 is 4.52 Å². The normalized spacial score (nSPS) is 18.8. The van der Waals surface area contributed by atoms with Crippen LogP contribution in [0.15, 0.2) is 4.52 Å². The summed E-state index contributed by atoms with van der Waals surface area (Å²) < 4.78 is 5.07. The van der Waals surface area contributed by atoms with Crippen LogP contribution in [-0.2, 0) is 6.42 Å². The molecule has 0 bridgehead atoms. The highest BCUT2D eigenvalue weighted by atomic mass is 16.5. The van der Waals surface area contributed by atoms with Crippen molar-refractivity contribution in [3.63, 3.8) is 0 Å². The largest absolute Gasteiger partial charge is 0.339 e. The smallest absolute Gasteiger partial charge is 0.226 e. The monoisotopic (exact) mass is 166 g/mol. The van der Waals surface area contributed by atoms with Crippen LogP contribution in [-0.4, -0.2) is 10.1 Å². The molecule has 12 heavy (non-hydrogen) atoms. The molecule has 0 atom stereocenters. The minimum absolute atomic E-state index is 0.753.